The van der Waals surface area contributed by atoms with E-state index in [2.05, 4.69) is 79.5 Å². The highest BCUT2D eigenvalue weighted by molar-refractivity contribution is 7.92. The maximum Gasteiger partial charge on any atom is 0.274 e. The number of piperidine rings is 1. The molecule has 6 aromatic rings. The molecular weight excluding hydrogens is 928 g/mol. The molecule has 9 rings (SSSR count). The first kappa shape index (κ1) is 48.4. The number of fused-ring (bicyclic) bond motifs is 1. The summed E-state index contributed by atoms with van der Waals surface area (Å²) in [6.45, 7) is 16.2. The molecule has 16 nitrogen and oxygen atoms in total. The van der Waals surface area contributed by atoms with Crippen LogP contribution in [0.25, 0.3) is 22.0 Å². The highest BCUT2D eigenvalue weighted by atomic mass is 35.5. The molecule has 18 heteroatoms. The summed E-state index contributed by atoms with van der Waals surface area (Å²) in [5.41, 5.74) is 3.12. The van der Waals surface area contributed by atoms with Crippen molar-refractivity contribution in [3.63, 3.8) is 0 Å². The molecular formula is C52H59ClN10O6S. The van der Waals surface area contributed by atoms with Gasteiger partial charge in [-0.2, -0.15) is 5.26 Å². The molecule has 0 atom stereocenters. The lowest BCUT2D eigenvalue weighted by Crippen LogP contribution is -2.74. The Morgan fingerprint density at radius 3 is 2.33 bits per heavy atom. The number of hydrogen-bond donors (Lipinski definition) is 3. The molecule has 1 saturated carbocycles. The van der Waals surface area contributed by atoms with E-state index < -0.39 is 20.9 Å². The third kappa shape index (κ3) is 9.77. The fraction of sp³-hybridized carbons (Fsp3) is 0.404. The van der Waals surface area contributed by atoms with Crippen LogP contribution < -0.4 is 34.9 Å². The summed E-state index contributed by atoms with van der Waals surface area (Å²) >= 11 is 6.27. The van der Waals surface area contributed by atoms with Gasteiger partial charge in [0.2, 0.25) is 16.0 Å². The van der Waals surface area contributed by atoms with Crippen LogP contribution in [0.5, 0.6) is 17.2 Å². The van der Waals surface area contributed by atoms with Crippen LogP contribution in [0.1, 0.15) is 63.4 Å². The van der Waals surface area contributed by atoms with Crippen molar-refractivity contribution in [2.75, 3.05) is 66.1 Å². The summed E-state index contributed by atoms with van der Waals surface area (Å²) in [4.78, 5) is 45.9. The SMILES string of the molecule is CCS(=O)(=O)Nc1ccc(Oc2cccc(N3CCN(CC4CCN(c5ncc(C(=O)N[C@H]6C(C)(C)[C@H](Oc7ccc(C#N)c(Cl)c7)C6(C)C)cn5)CC4)CC3)c2)c(-c2cn(C)c(=O)c3[nH]ccc23)c1. The molecule has 0 radical (unpaired) electrons. The Morgan fingerprint density at radius 1 is 0.914 bits per heavy atom. The van der Waals surface area contributed by atoms with Crippen molar-refractivity contribution < 1.29 is 22.7 Å². The van der Waals surface area contributed by atoms with Gasteiger partial charge in [0.15, 0.2) is 0 Å². The molecule has 3 aliphatic rings. The number of benzene rings is 3. The minimum atomic E-state index is -3.54. The number of ether oxygens (including phenoxy) is 2. The second-order valence-corrected chi connectivity index (χ2v) is 22.2. The minimum absolute atomic E-state index is 0.0695. The predicted octanol–water partition coefficient (Wildman–Crippen LogP) is 8.05. The van der Waals surface area contributed by atoms with Crippen LogP contribution in [0.3, 0.4) is 0 Å². The number of aromatic amines is 1. The smallest absolute Gasteiger partial charge is 0.274 e. The molecule has 0 spiro atoms. The maximum atomic E-state index is 13.5. The molecule has 366 valence electrons. The molecule has 1 aliphatic carbocycles. The number of carbonyl (C=O) groups excluding carboxylic acids is 1. The van der Waals surface area contributed by atoms with Crippen molar-refractivity contribution in [2.45, 2.75) is 59.6 Å². The third-order valence-electron chi connectivity index (χ3n) is 14.3. The fourth-order valence-electron chi connectivity index (χ4n) is 10.8. The Balaban J connectivity index is 0.766. The van der Waals surface area contributed by atoms with E-state index in [0.29, 0.717) is 67.4 Å². The van der Waals surface area contributed by atoms with E-state index in [-0.39, 0.29) is 29.4 Å². The number of rotatable bonds is 14. The van der Waals surface area contributed by atoms with Crippen LogP contribution in [0.15, 0.2) is 96.3 Å². The number of anilines is 3. The summed E-state index contributed by atoms with van der Waals surface area (Å²) in [5.74, 6) is 2.63. The maximum absolute atomic E-state index is 13.5. The van der Waals surface area contributed by atoms with Crippen molar-refractivity contribution in [1.29, 1.82) is 5.26 Å². The van der Waals surface area contributed by atoms with Crippen LogP contribution in [0.2, 0.25) is 5.02 Å². The standard InChI is InChI=1S/C52H59ClN10O6S/c1-7-70(66,67)59-36-12-14-44(41(25-36)42-32-60(6)47(65)45-40(42)15-18-55-45)68-38-10-8-9-37(26-38)62-23-21-61(22-24-62)31-33-16-19-63(20-17-33)50-56-29-35(30-57-50)46(64)58-48-51(2,3)49(52(48,4)5)69-39-13-11-34(28-54)43(53)27-39/h8-15,18,25-27,29-30,32-33,48-49,55,59H,7,16-17,19-24,31H2,1-6H3,(H,58,64)/t48-,49-. The second kappa shape index (κ2) is 19.3. The van der Waals surface area contributed by atoms with Crippen LogP contribution >= 0.6 is 11.6 Å². The molecule has 3 aromatic carbocycles. The Morgan fingerprint density at radius 2 is 1.64 bits per heavy atom. The number of hydrogen-bond acceptors (Lipinski definition) is 12. The Bertz CT molecular complexity index is 3120. The van der Waals surface area contributed by atoms with E-state index >= 15 is 0 Å². The van der Waals surface area contributed by atoms with Gasteiger partial charge in [-0.3, -0.25) is 19.2 Å². The molecule has 3 fully saturated rings. The Hall–Kier alpha value is -6.61. The van der Waals surface area contributed by atoms with E-state index in [1.54, 1.807) is 75.2 Å². The molecule has 2 aliphatic heterocycles. The van der Waals surface area contributed by atoms with Gasteiger partial charge in [0.05, 0.1) is 21.9 Å². The van der Waals surface area contributed by atoms with E-state index in [9.17, 15) is 23.3 Å². The summed E-state index contributed by atoms with van der Waals surface area (Å²) in [7, 11) is -1.85. The predicted molar refractivity (Wildman–Crippen MR) is 274 cm³/mol. The Kier molecular flexibility index (Phi) is 13.3. The van der Waals surface area contributed by atoms with E-state index in [1.165, 1.54) is 4.57 Å². The van der Waals surface area contributed by atoms with Gasteiger partial charge in [-0.15, -0.1) is 0 Å². The highest BCUT2D eigenvalue weighted by Crippen LogP contribution is 2.55. The average Bonchev–Trinajstić information content (AvgIpc) is 3.85. The van der Waals surface area contributed by atoms with E-state index in [4.69, 9.17) is 21.1 Å². The number of amides is 1. The first-order chi connectivity index (χ1) is 33.4. The van der Waals surface area contributed by atoms with Gasteiger partial charge in [-0.05, 0) is 74.2 Å². The van der Waals surface area contributed by atoms with E-state index in [1.807, 2.05) is 24.3 Å². The molecule has 70 heavy (non-hydrogen) atoms. The van der Waals surface area contributed by atoms with Crippen molar-refractivity contribution in [2.24, 2.45) is 23.8 Å². The molecule has 5 heterocycles. The molecule has 0 bridgehead atoms. The highest BCUT2D eigenvalue weighted by Gasteiger charge is 2.64. The lowest BCUT2D eigenvalue weighted by molar-refractivity contribution is -0.164. The zero-order valence-electron chi connectivity index (χ0n) is 40.3. The summed E-state index contributed by atoms with van der Waals surface area (Å²) in [5, 5.41) is 13.5. The number of aromatic nitrogens is 4. The number of carbonyl (C=O) groups is 1. The summed E-state index contributed by atoms with van der Waals surface area (Å²) in [6.07, 6.45) is 8.54. The first-order valence-corrected chi connectivity index (χ1v) is 25.8. The molecule has 3 aromatic heterocycles. The number of nitrogens with zero attached hydrogens (tertiary/aromatic N) is 7. The summed E-state index contributed by atoms with van der Waals surface area (Å²) < 4.78 is 42.2. The monoisotopic (exact) mass is 986 g/mol. The average molecular weight is 988 g/mol. The van der Waals surface area contributed by atoms with Gasteiger partial charge >= 0.3 is 0 Å². The van der Waals surface area contributed by atoms with Crippen molar-refractivity contribution in [3.05, 3.63) is 118 Å². The topological polar surface area (TPSA) is 191 Å². The lowest BCUT2D eigenvalue weighted by Gasteiger charge is -2.63. The quantitative estimate of drug-likeness (QED) is 0.0954. The Labute approximate surface area is 413 Å². The normalized spacial score (nSPS) is 19.3. The number of H-pyrrole nitrogens is 1. The van der Waals surface area contributed by atoms with Crippen LogP contribution in [0.4, 0.5) is 17.3 Å². The third-order valence-corrected chi connectivity index (χ3v) is 16.0. The van der Waals surface area contributed by atoms with E-state index in [0.717, 1.165) is 69.9 Å². The van der Waals surface area contributed by atoms with Crippen molar-refractivity contribution >= 4 is 55.8 Å². The van der Waals surface area contributed by atoms with Crippen LogP contribution in [-0.4, -0.2) is 102 Å². The minimum Gasteiger partial charge on any atom is -0.489 e. The van der Waals surface area contributed by atoms with Gasteiger partial charge in [-0.25, -0.2) is 18.4 Å². The number of aryl methyl sites for hydroxylation is 1. The number of sulfonamides is 1. The number of piperazine rings is 1. The molecule has 3 N–H and O–H groups in total. The largest absolute Gasteiger partial charge is 0.489 e. The van der Waals surface area contributed by atoms with Gasteiger partial charge in [0.1, 0.15) is 34.9 Å². The van der Waals surface area contributed by atoms with Crippen LogP contribution in [-0.2, 0) is 17.1 Å². The summed E-state index contributed by atoms with van der Waals surface area (Å²) in [6, 6.07) is 22.0. The molecule has 1 amide bonds. The van der Waals surface area contributed by atoms with Gasteiger partial charge < -0.3 is 34.1 Å². The van der Waals surface area contributed by atoms with Gasteiger partial charge in [-0.1, -0.05) is 45.4 Å². The molecule has 0 unspecified atom stereocenters. The van der Waals surface area contributed by atoms with Gasteiger partial charge in [0.25, 0.3) is 11.5 Å². The van der Waals surface area contributed by atoms with Crippen LogP contribution in [0, 0.1) is 28.1 Å². The molecule has 2 saturated heterocycles. The lowest BCUT2D eigenvalue weighted by atomic mass is 9.49. The zero-order valence-corrected chi connectivity index (χ0v) is 41.9. The van der Waals surface area contributed by atoms with Crippen molar-refractivity contribution in [3.8, 4) is 34.4 Å². The number of pyridine rings is 1. The van der Waals surface area contributed by atoms with Gasteiger partial charge in [0, 0.05) is 135 Å². The van der Waals surface area contributed by atoms with Crippen molar-refractivity contribution in [1.82, 2.24) is 29.7 Å². The fourth-order valence-corrected chi connectivity index (χ4v) is 11.6. The zero-order chi connectivity index (χ0) is 49.5. The first-order valence-electron chi connectivity index (χ1n) is 23.7. The number of nitriles is 1. The number of halogens is 1. The number of nitrogens with one attached hydrogen (secondary N) is 3. The second-order valence-electron chi connectivity index (χ2n) is 19.8.